The zero-order valence-corrected chi connectivity index (χ0v) is 9.28. The fourth-order valence-corrected chi connectivity index (χ4v) is 1.29. The molecule has 0 aliphatic heterocycles. The predicted molar refractivity (Wildman–Crippen MR) is 59.9 cm³/mol. The number of nitrogens with zero attached hydrogens (tertiary/aromatic N) is 3. The molecule has 0 amide bonds. The van der Waals surface area contributed by atoms with E-state index in [1.54, 1.807) is 6.20 Å². The van der Waals surface area contributed by atoms with Gasteiger partial charge in [0.2, 0.25) is 0 Å². The highest BCUT2D eigenvalue weighted by Gasteiger charge is 2.05. The summed E-state index contributed by atoms with van der Waals surface area (Å²) < 4.78 is 1.94. The zero-order chi connectivity index (χ0) is 10.6. The molecule has 1 heterocycles. The summed E-state index contributed by atoms with van der Waals surface area (Å²) in [6, 6.07) is 2.32. The van der Waals surface area contributed by atoms with Crippen LogP contribution in [0.3, 0.4) is 0 Å². The molecule has 1 N–H and O–H groups in total. The molecule has 78 valence electrons. The van der Waals surface area contributed by atoms with Crippen molar-refractivity contribution in [3.63, 3.8) is 0 Å². The van der Waals surface area contributed by atoms with Gasteiger partial charge < -0.3 is 5.32 Å². The molecule has 0 saturated carbocycles. The maximum atomic E-state index is 4.26. The maximum Gasteiger partial charge on any atom is 0.129 e. The standard InChI is InChI=1S/C10H18N4/c1-5-11-9(4)13-10-6-7-12-14(10)8(2)3/h6-8H,5H2,1-4H3,(H,11,13). The fraction of sp³-hybridized carbons (Fsp3) is 0.600. The number of anilines is 1. The monoisotopic (exact) mass is 194 g/mol. The van der Waals surface area contributed by atoms with Gasteiger partial charge in [-0.2, -0.15) is 5.10 Å². The summed E-state index contributed by atoms with van der Waals surface area (Å²) in [6.07, 6.45) is 1.79. The molecule has 14 heavy (non-hydrogen) atoms. The molecule has 0 bridgehead atoms. The first kappa shape index (κ1) is 10.8. The molecule has 0 unspecified atom stereocenters. The lowest BCUT2D eigenvalue weighted by Crippen LogP contribution is -2.14. The average Bonchev–Trinajstić information content (AvgIpc) is 2.52. The number of rotatable bonds is 3. The van der Waals surface area contributed by atoms with Crippen LogP contribution >= 0.6 is 0 Å². The Labute approximate surface area is 85.0 Å². The van der Waals surface area contributed by atoms with Gasteiger partial charge in [-0.05, 0) is 27.7 Å². The van der Waals surface area contributed by atoms with E-state index in [0.29, 0.717) is 6.04 Å². The second kappa shape index (κ2) is 4.79. The number of aliphatic imine (C=N–C) groups is 1. The lowest BCUT2D eigenvalue weighted by atomic mass is 10.4. The topological polar surface area (TPSA) is 42.2 Å². The summed E-state index contributed by atoms with van der Waals surface area (Å²) in [5.74, 6) is 1.92. The van der Waals surface area contributed by atoms with Gasteiger partial charge in [-0.1, -0.05) is 0 Å². The second-order valence-corrected chi connectivity index (χ2v) is 3.44. The quantitative estimate of drug-likeness (QED) is 0.592. The Morgan fingerprint density at radius 2 is 2.36 bits per heavy atom. The summed E-state index contributed by atoms with van der Waals surface area (Å²) in [6.45, 7) is 8.98. The van der Waals surface area contributed by atoms with Crippen LogP contribution in [0.25, 0.3) is 0 Å². The van der Waals surface area contributed by atoms with Crippen molar-refractivity contribution in [2.75, 3.05) is 11.9 Å². The summed E-state index contributed by atoms with van der Waals surface area (Å²) in [4.78, 5) is 4.26. The van der Waals surface area contributed by atoms with Crippen molar-refractivity contribution in [2.45, 2.75) is 33.7 Å². The van der Waals surface area contributed by atoms with Gasteiger partial charge in [-0.15, -0.1) is 0 Å². The summed E-state index contributed by atoms with van der Waals surface area (Å²) in [5.41, 5.74) is 0. The lowest BCUT2D eigenvalue weighted by Gasteiger charge is -2.11. The molecule has 0 atom stereocenters. The summed E-state index contributed by atoms with van der Waals surface area (Å²) in [5, 5.41) is 7.45. The van der Waals surface area contributed by atoms with Crippen molar-refractivity contribution in [1.82, 2.24) is 9.78 Å². The molecule has 4 heteroatoms. The second-order valence-electron chi connectivity index (χ2n) is 3.44. The molecular formula is C10H18N4. The first-order valence-electron chi connectivity index (χ1n) is 4.96. The third-order valence-corrected chi connectivity index (χ3v) is 1.86. The van der Waals surface area contributed by atoms with Crippen LogP contribution in [0.4, 0.5) is 5.82 Å². The van der Waals surface area contributed by atoms with Gasteiger partial charge in [0.05, 0.1) is 12.0 Å². The molecule has 0 aliphatic rings. The Balaban J connectivity index is 2.76. The van der Waals surface area contributed by atoms with Gasteiger partial charge in [-0.3, -0.25) is 4.99 Å². The fourth-order valence-electron chi connectivity index (χ4n) is 1.29. The maximum absolute atomic E-state index is 4.26. The van der Waals surface area contributed by atoms with Gasteiger partial charge in [0.25, 0.3) is 0 Å². The van der Waals surface area contributed by atoms with Crippen molar-refractivity contribution >= 4 is 11.7 Å². The van der Waals surface area contributed by atoms with Gasteiger partial charge in [-0.25, -0.2) is 4.68 Å². The van der Waals surface area contributed by atoms with Crippen LogP contribution in [-0.4, -0.2) is 22.2 Å². The minimum atomic E-state index is 0.363. The molecule has 1 aromatic rings. The molecule has 0 aliphatic carbocycles. The van der Waals surface area contributed by atoms with Crippen LogP contribution in [0, 0.1) is 0 Å². The normalized spacial score (nSPS) is 12.2. The van der Waals surface area contributed by atoms with E-state index < -0.39 is 0 Å². The van der Waals surface area contributed by atoms with Gasteiger partial charge in [0, 0.05) is 18.7 Å². The van der Waals surface area contributed by atoms with Crippen LogP contribution in [-0.2, 0) is 0 Å². The molecule has 0 radical (unpaired) electrons. The molecular weight excluding hydrogens is 176 g/mol. The minimum Gasteiger partial charge on any atom is -0.329 e. The molecule has 0 fully saturated rings. The Kier molecular flexibility index (Phi) is 3.68. The van der Waals surface area contributed by atoms with Crippen molar-refractivity contribution < 1.29 is 0 Å². The largest absolute Gasteiger partial charge is 0.329 e. The Morgan fingerprint density at radius 3 is 2.93 bits per heavy atom. The van der Waals surface area contributed by atoms with Crippen molar-refractivity contribution in [2.24, 2.45) is 4.99 Å². The Bertz CT molecular complexity index is 312. The van der Waals surface area contributed by atoms with E-state index in [0.717, 1.165) is 18.2 Å². The molecule has 1 aromatic heterocycles. The lowest BCUT2D eigenvalue weighted by molar-refractivity contribution is 0.540. The first-order chi connectivity index (χ1) is 6.65. The Hall–Kier alpha value is -1.32. The van der Waals surface area contributed by atoms with E-state index in [9.17, 15) is 0 Å². The van der Waals surface area contributed by atoms with E-state index in [1.807, 2.05) is 24.6 Å². The van der Waals surface area contributed by atoms with Crippen LogP contribution < -0.4 is 5.32 Å². The van der Waals surface area contributed by atoms with Crippen LogP contribution in [0.15, 0.2) is 17.3 Å². The van der Waals surface area contributed by atoms with E-state index in [4.69, 9.17) is 0 Å². The highest BCUT2D eigenvalue weighted by atomic mass is 15.3. The van der Waals surface area contributed by atoms with Gasteiger partial charge >= 0.3 is 0 Å². The molecule has 4 nitrogen and oxygen atoms in total. The molecule has 0 aromatic carbocycles. The zero-order valence-electron chi connectivity index (χ0n) is 9.28. The predicted octanol–water partition coefficient (Wildman–Crippen LogP) is 2.31. The minimum absolute atomic E-state index is 0.363. The van der Waals surface area contributed by atoms with E-state index in [-0.39, 0.29) is 0 Å². The van der Waals surface area contributed by atoms with Gasteiger partial charge in [0.1, 0.15) is 5.82 Å². The molecule has 1 rings (SSSR count). The van der Waals surface area contributed by atoms with Crippen molar-refractivity contribution in [3.8, 4) is 0 Å². The average molecular weight is 194 g/mol. The van der Waals surface area contributed by atoms with Crippen LogP contribution in [0.5, 0.6) is 0 Å². The van der Waals surface area contributed by atoms with E-state index in [1.165, 1.54) is 0 Å². The first-order valence-corrected chi connectivity index (χ1v) is 4.96. The number of hydrogen-bond acceptors (Lipinski definition) is 2. The third-order valence-electron chi connectivity index (χ3n) is 1.86. The third kappa shape index (κ3) is 2.58. The number of aromatic nitrogens is 2. The SMILES string of the molecule is CCN=C(C)Nc1ccnn1C(C)C. The number of hydrogen-bond donors (Lipinski definition) is 1. The smallest absolute Gasteiger partial charge is 0.129 e. The van der Waals surface area contributed by atoms with E-state index in [2.05, 4.69) is 29.3 Å². The van der Waals surface area contributed by atoms with Gasteiger partial charge in [0.15, 0.2) is 0 Å². The highest BCUT2D eigenvalue weighted by molar-refractivity contribution is 5.92. The summed E-state index contributed by atoms with van der Waals surface area (Å²) in [7, 11) is 0. The molecule has 0 saturated heterocycles. The molecule has 0 spiro atoms. The van der Waals surface area contributed by atoms with Crippen LogP contribution in [0.1, 0.15) is 33.7 Å². The van der Waals surface area contributed by atoms with Crippen LogP contribution in [0.2, 0.25) is 0 Å². The number of nitrogens with one attached hydrogen (secondary N) is 1. The highest BCUT2D eigenvalue weighted by Crippen LogP contribution is 2.12. The summed E-state index contributed by atoms with van der Waals surface area (Å²) >= 11 is 0. The van der Waals surface area contributed by atoms with E-state index >= 15 is 0 Å². The Morgan fingerprint density at radius 1 is 1.64 bits per heavy atom. The van der Waals surface area contributed by atoms with Crippen molar-refractivity contribution in [3.05, 3.63) is 12.3 Å². The number of amidine groups is 1. The van der Waals surface area contributed by atoms with Crippen molar-refractivity contribution in [1.29, 1.82) is 0 Å².